The Morgan fingerprint density at radius 2 is 0.722 bits per heavy atom. The normalized spacial score (nSPS) is 19.8. The Morgan fingerprint density at radius 1 is 0.472 bits per heavy atom. The molecule has 0 saturated carbocycles. The minimum Gasteiger partial charge on any atom is -0.372 e. The van der Waals surface area contributed by atoms with Gasteiger partial charge >= 0.3 is 0 Å². The summed E-state index contributed by atoms with van der Waals surface area (Å²) in [6, 6.07) is 43.9. The highest BCUT2D eigenvalue weighted by atomic mass is 31.1. The van der Waals surface area contributed by atoms with Crippen molar-refractivity contribution in [3.63, 3.8) is 0 Å². The number of ether oxygens (including phenoxy) is 2. The highest BCUT2D eigenvalue weighted by Crippen LogP contribution is 2.48. The standard InChI is InChI=1S/C32H34O2P2/c1-25(35(27-15-7-3-8-16-27)28-17-9-4-10-18-28)31-32(34-24-23-33-31)26(2)36(29-19-11-5-12-20-29)30-21-13-6-14-22-30/h3-22,25-26,31-32H,23-24H2,1-2H3. The Hall–Kier alpha value is -2.34. The van der Waals surface area contributed by atoms with Crippen molar-refractivity contribution < 1.29 is 9.47 Å². The average Bonchev–Trinajstić information content (AvgIpc) is 2.95. The van der Waals surface area contributed by atoms with Crippen LogP contribution in [0.3, 0.4) is 0 Å². The van der Waals surface area contributed by atoms with E-state index in [9.17, 15) is 0 Å². The van der Waals surface area contributed by atoms with Crippen molar-refractivity contribution in [3.05, 3.63) is 121 Å². The summed E-state index contributed by atoms with van der Waals surface area (Å²) in [7, 11) is -1.22. The van der Waals surface area contributed by atoms with E-state index in [0.29, 0.717) is 24.5 Å². The molecule has 4 aromatic rings. The summed E-state index contributed by atoms with van der Waals surface area (Å²) in [5, 5.41) is 5.56. The highest BCUT2D eigenvalue weighted by Gasteiger charge is 2.42. The van der Waals surface area contributed by atoms with E-state index < -0.39 is 15.8 Å². The molecule has 4 heteroatoms. The van der Waals surface area contributed by atoms with Gasteiger partial charge in [0.15, 0.2) is 0 Å². The van der Waals surface area contributed by atoms with E-state index in [0.717, 1.165) is 0 Å². The van der Waals surface area contributed by atoms with Crippen molar-refractivity contribution in [1.82, 2.24) is 0 Å². The summed E-state index contributed by atoms with van der Waals surface area (Å²) in [6.45, 7) is 6.05. The van der Waals surface area contributed by atoms with E-state index in [1.165, 1.54) is 21.2 Å². The van der Waals surface area contributed by atoms with Crippen LogP contribution in [0, 0.1) is 0 Å². The average molecular weight is 513 g/mol. The molecule has 1 aliphatic rings. The van der Waals surface area contributed by atoms with Gasteiger partial charge in [0.1, 0.15) is 0 Å². The van der Waals surface area contributed by atoms with Gasteiger partial charge in [0.2, 0.25) is 0 Å². The number of rotatable bonds is 8. The molecule has 5 rings (SSSR count). The van der Waals surface area contributed by atoms with Crippen LogP contribution < -0.4 is 21.2 Å². The maximum atomic E-state index is 6.62. The molecule has 1 aliphatic heterocycles. The summed E-state index contributed by atoms with van der Waals surface area (Å²) in [4.78, 5) is 0. The molecular formula is C32H34O2P2. The Morgan fingerprint density at radius 3 is 0.972 bits per heavy atom. The molecule has 0 amide bonds. The van der Waals surface area contributed by atoms with Gasteiger partial charge in [-0.15, -0.1) is 0 Å². The van der Waals surface area contributed by atoms with Crippen LogP contribution in [0.5, 0.6) is 0 Å². The van der Waals surface area contributed by atoms with Crippen LogP contribution in [0.1, 0.15) is 13.8 Å². The lowest BCUT2D eigenvalue weighted by Crippen LogP contribution is -2.51. The summed E-state index contributed by atoms with van der Waals surface area (Å²) < 4.78 is 13.2. The Bertz CT molecular complexity index is 1010. The lowest BCUT2D eigenvalue weighted by Gasteiger charge is -2.43. The molecule has 0 bridgehead atoms. The lowest BCUT2D eigenvalue weighted by molar-refractivity contribution is -0.137. The molecule has 4 aromatic carbocycles. The van der Waals surface area contributed by atoms with Crippen molar-refractivity contribution in [2.45, 2.75) is 37.4 Å². The fourth-order valence-electron chi connectivity index (χ4n) is 5.27. The predicted octanol–water partition coefficient (Wildman–Crippen LogP) is 5.81. The van der Waals surface area contributed by atoms with Gasteiger partial charge in [-0.05, 0) is 37.1 Å². The van der Waals surface area contributed by atoms with E-state index >= 15 is 0 Å². The minimum absolute atomic E-state index is 0.0256. The quantitative estimate of drug-likeness (QED) is 0.277. The zero-order chi connectivity index (χ0) is 24.7. The molecule has 4 unspecified atom stereocenters. The van der Waals surface area contributed by atoms with Gasteiger partial charge in [-0.25, -0.2) is 0 Å². The molecule has 0 aliphatic carbocycles. The first-order valence-corrected chi connectivity index (χ1v) is 15.6. The molecule has 2 nitrogen and oxygen atoms in total. The molecule has 1 saturated heterocycles. The molecule has 0 spiro atoms. The SMILES string of the molecule is CC(C1OCCOC1C(C)P(c1ccccc1)c1ccccc1)P(c1ccccc1)c1ccccc1. The number of hydrogen-bond donors (Lipinski definition) is 0. The topological polar surface area (TPSA) is 18.5 Å². The maximum absolute atomic E-state index is 6.62. The second-order valence-electron chi connectivity index (χ2n) is 9.23. The number of hydrogen-bond acceptors (Lipinski definition) is 2. The van der Waals surface area contributed by atoms with E-state index in [1.54, 1.807) is 0 Å². The van der Waals surface area contributed by atoms with Gasteiger partial charge in [0.05, 0.1) is 25.4 Å². The lowest BCUT2D eigenvalue weighted by atomic mass is 10.1. The summed E-state index contributed by atoms with van der Waals surface area (Å²) in [6.07, 6.45) is 0.0513. The third-order valence-corrected chi connectivity index (χ3v) is 12.6. The predicted molar refractivity (Wildman–Crippen MR) is 157 cm³/mol. The van der Waals surface area contributed by atoms with Crippen molar-refractivity contribution in [3.8, 4) is 0 Å². The molecule has 0 radical (unpaired) electrons. The monoisotopic (exact) mass is 512 g/mol. The largest absolute Gasteiger partial charge is 0.372 e. The highest BCUT2D eigenvalue weighted by molar-refractivity contribution is 7.74. The van der Waals surface area contributed by atoms with Gasteiger partial charge in [-0.3, -0.25) is 0 Å². The first-order valence-electron chi connectivity index (χ1n) is 12.8. The smallest absolute Gasteiger partial charge is 0.0914 e. The molecule has 1 heterocycles. The first-order chi connectivity index (χ1) is 17.7. The van der Waals surface area contributed by atoms with E-state index in [-0.39, 0.29) is 12.2 Å². The van der Waals surface area contributed by atoms with Gasteiger partial charge in [-0.2, -0.15) is 0 Å². The molecule has 36 heavy (non-hydrogen) atoms. The summed E-state index contributed by atoms with van der Waals surface area (Å²) in [5.74, 6) is 0. The third-order valence-electron chi connectivity index (χ3n) is 6.93. The third kappa shape index (κ3) is 5.64. The molecule has 4 atom stereocenters. The van der Waals surface area contributed by atoms with Crippen molar-refractivity contribution in [2.24, 2.45) is 0 Å². The molecule has 0 aromatic heterocycles. The van der Waals surface area contributed by atoms with Gasteiger partial charge in [-0.1, -0.05) is 135 Å². The van der Waals surface area contributed by atoms with Gasteiger partial charge in [0, 0.05) is 11.3 Å². The first kappa shape index (κ1) is 25.3. The molecule has 1 fully saturated rings. The van der Waals surface area contributed by atoms with E-state index in [4.69, 9.17) is 9.47 Å². The van der Waals surface area contributed by atoms with Crippen LogP contribution in [0.25, 0.3) is 0 Å². The Labute approximate surface area is 218 Å². The van der Waals surface area contributed by atoms with E-state index in [1.807, 2.05) is 0 Å². The van der Waals surface area contributed by atoms with Gasteiger partial charge < -0.3 is 9.47 Å². The Balaban J connectivity index is 1.51. The van der Waals surface area contributed by atoms with Crippen LogP contribution in [0.2, 0.25) is 0 Å². The van der Waals surface area contributed by atoms with Crippen LogP contribution in [-0.4, -0.2) is 36.7 Å². The minimum atomic E-state index is -0.612. The second-order valence-corrected chi connectivity index (χ2v) is 14.4. The van der Waals surface area contributed by atoms with Crippen LogP contribution in [0.4, 0.5) is 0 Å². The zero-order valence-corrected chi connectivity index (χ0v) is 22.8. The van der Waals surface area contributed by atoms with Crippen LogP contribution in [-0.2, 0) is 9.47 Å². The molecule has 0 N–H and O–H groups in total. The maximum Gasteiger partial charge on any atom is 0.0914 e. The van der Waals surface area contributed by atoms with Crippen molar-refractivity contribution in [1.29, 1.82) is 0 Å². The van der Waals surface area contributed by atoms with E-state index in [2.05, 4.69) is 135 Å². The van der Waals surface area contributed by atoms with Gasteiger partial charge in [0.25, 0.3) is 0 Å². The van der Waals surface area contributed by atoms with Crippen molar-refractivity contribution in [2.75, 3.05) is 13.2 Å². The fraction of sp³-hybridized carbons (Fsp3) is 0.250. The Kier molecular flexibility index (Phi) is 8.63. The fourth-order valence-corrected chi connectivity index (χ4v) is 10.8. The summed E-state index contributed by atoms with van der Waals surface area (Å²) >= 11 is 0. The second kappa shape index (κ2) is 12.3. The van der Waals surface area contributed by atoms with Crippen LogP contribution >= 0.6 is 15.8 Å². The number of benzene rings is 4. The zero-order valence-electron chi connectivity index (χ0n) is 21.0. The molecule has 184 valence electrons. The summed E-state index contributed by atoms with van der Waals surface area (Å²) in [5.41, 5.74) is 0.613. The van der Waals surface area contributed by atoms with Crippen LogP contribution in [0.15, 0.2) is 121 Å². The molecular weight excluding hydrogens is 478 g/mol. The van der Waals surface area contributed by atoms with Crippen molar-refractivity contribution >= 4 is 37.1 Å².